The topological polar surface area (TPSA) is 84.2 Å². The van der Waals surface area contributed by atoms with Gasteiger partial charge in [0.2, 0.25) is 11.8 Å². The van der Waals surface area contributed by atoms with Gasteiger partial charge in [-0.05, 0) is 36.5 Å². The van der Waals surface area contributed by atoms with Crippen LogP contribution < -0.4 is 16.4 Å². The van der Waals surface area contributed by atoms with E-state index < -0.39 is 6.04 Å². The number of hydrogen-bond acceptors (Lipinski definition) is 3. The minimum absolute atomic E-state index is 0. The molecule has 128 valence electrons. The predicted molar refractivity (Wildman–Crippen MR) is 93.6 cm³/mol. The van der Waals surface area contributed by atoms with Gasteiger partial charge in [-0.15, -0.1) is 12.4 Å². The zero-order valence-electron chi connectivity index (χ0n) is 13.3. The average molecular weight is 360 g/mol. The van der Waals surface area contributed by atoms with Crippen molar-refractivity contribution >= 4 is 35.8 Å². The Hall–Kier alpha value is -1.30. The summed E-state index contributed by atoms with van der Waals surface area (Å²) in [5.41, 5.74) is 6.46. The third-order valence-corrected chi connectivity index (χ3v) is 4.22. The van der Waals surface area contributed by atoms with E-state index in [1.165, 1.54) is 0 Å². The zero-order chi connectivity index (χ0) is 16.3. The molecule has 0 saturated heterocycles. The number of rotatable bonds is 6. The quantitative estimate of drug-likeness (QED) is 0.725. The second-order valence-corrected chi connectivity index (χ2v) is 6.56. The minimum Gasteiger partial charge on any atom is -0.346 e. The van der Waals surface area contributed by atoms with Crippen molar-refractivity contribution in [3.63, 3.8) is 0 Å². The number of benzene rings is 1. The fourth-order valence-corrected chi connectivity index (χ4v) is 2.40. The summed E-state index contributed by atoms with van der Waals surface area (Å²) >= 11 is 5.88. The van der Waals surface area contributed by atoms with Crippen LogP contribution in [0.4, 0.5) is 0 Å². The van der Waals surface area contributed by atoms with E-state index in [4.69, 9.17) is 17.3 Å². The molecule has 0 aromatic heterocycles. The van der Waals surface area contributed by atoms with Crippen LogP contribution in [-0.4, -0.2) is 24.4 Å². The summed E-state index contributed by atoms with van der Waals surface area (Å²) in [4.78, 5) is 23.8. The van der Waals surface area contributed by atoms with Crippen LogP contribution in [0.25, 0.3) is 0 Å². The van der Waals surface area contributed by atoms with Crippen molar-refractivity contribution in [3.8, 4) is 0 Å². The van der Waals surface area contributed by atoms with Crippen molar-refractivity contribution in [2.75, 3.05) is 6.54 Å². The van der Waals surface area contributed by atoms with Gasteiger partial charge in [0, 0.05) is 5.02 Å². The molecular formula is C16H23Cl2N3O2. The summed E-state index contributed by atoms with van der Waals surface area (Å²) in [6.07, 6.45) is 1.78. The minimum atomic E-state index is -0.598. The first kappa shape index (κ1) is 19.7. The van der Waals surface area contributed by atoms with Gasteiger partial charge in [-0.25, -0.2) is 0 Å². The lowest BCUT2D eigenvalue weighted by Gasteiger charge is -2.19. The maximum absolute atomic E-state index is 12.0. The molecule has 0 spiro atoms. The van der Waals surface area contributed by atoms with Gasteiger partial charge >= 0.3 is 0 Å². The number of carbonyl (C=O) groups excluding carboxylic acids is 2. The van der Waals surface area contributed by atoms with Crippen LogP contribution >= 0.6 is 24.0 Å². The molecule has 1 aliphatic carbocycles. The fraction of sp³-hybridized carbons (Fsp3) is 0.500. The van der Waals surface area contributed by atoms with Crippen LogP contribution in [-0.2, 0) is 15.1 Å². The van der Waals surface area contributed by atoms with Crippen molar-refractivity contribution in [1.82, 2.24) is 10.6 Å². The largest absolute Gasteiger partial charge is 0.346 e. The maximum Gasteiger partial charge on any atom is 0.240 e. The molecule has 4 N–H and O–H groups in total. The molecule has 1 aliphatic rings. The van der Waals surface area contributed by atoms with E-state index in [0.29, 0.717) is 5.02 Å². The van der Waals surface area contributed by atoms with Crippen molar-refractivity contribution in [2.45, 2.75) is 38.3 Å². The Morgan fingerprint density at radius 2 is 1.83 bits per heavy atom. The SMILES string of the molecule is CC(C)[C@H](N)C(=O)NCC(=O)NC1(c2ccc(Cl)cc2)CC1.Cl. The van der Waals surface area contributed by atoms with Crippen LogP contribution in [0.5, 0.6) is 0 Å². The lowest BCUT2D eigenvalue weighted by Crippen LogP contribution is -2.48. The smallest absolute Gasteiger partial charge is 0.240 e. The Morgan fingerprint density at radius 1 is 1.26 bits per heavy atom. The van der Waals surface area contributed by atoms with Crippen LogP contribution in [0, 0.1) is 5.92 Å². The molecule has 5 nitrogen and oxygen atoms in total. The Bertz CT molecular complexity index is 557. The van der Waals surface area contributed by atoms with E-state index in [-0.39, 0.29) is 42.2 Å². The fourth-order valence-electron chi connectivity index (χ4n) is 2.28. The molecule has 0 bridgehead atoms. The molecule has 1 saturated carbocycles. The Labute approximate surface area is 147 Å². The third kappa shape index (κ3) is 5.09. The van der Waals surface area contributed by atoms with Gasteiger partial charge in [-0.1, -0.05) is 37.6 Å². The summed E-state index contributed by atoms with van der Waals surface area (Å²) in [6, 6.07) is 6.86. The first-order valence-electron chi connectivity index (χ1n) is 7.44. The lowest BCUT2D eigenvalue weighted by molar-refractivity contribution is -0.127. The third-order valence-electron chi connectivity index (χ3n) is 3.97. The molecule has 0 unspecified atom stereocenters. The molecule has 1 aromatic rings. The molecule has 23 heavy (non-hydrogen) atoms. The van der Waals surface area contributed by atoms with Crippen molar-refractivity contribution in [2.24, 2.45) is 11.7 Å². The number of hydrogen-bond donors (Lipinski definition) is 3. The first-order chi connectivity index (χ1) is 10.3. The molecular weight excluding hydrogens is 337 g/mol. The van der Waals surface area contributed by atoms with Crippen LogP contribution in [0.2, 0.25) is 5.02 Å². The zero-order valence-corrected chi connectivity index (χ0v) is 14.8. The highest BCUT2D eigenvalue weighted by molar-refractivity contribution is 6.30. The second kappa shape index (κ2) is 7.99. The molecule has 1 atom stereocenters. The Kier molecular flexibility index (Phi) is 6.86. The van der Waals surface area contributed by atoms with Gasteiger partial charge in [-0.3, -0.25) is 9.59 Å². The van der Waals surface area contributed by atoms with E-state index in [2.05, 4.69) is 10.6 Å². The van der Waals surface area contributed by atoms with Crippen LogP contribution in [0.1, 0.15) is 32.3 Å². The van der Waals surface area contributed by atoms with Crippen molar-refractivity contribution < 1.29 is 9.59 Å². The molecule has 0 aliphatic heterocycles. The normalized spacial score (nSPS) is 16.2. The van der Waals surface area contributed by atoms with Gasteiger partial charge in [0.1, 0.15) is 0 Å². The lowest BCUT2D eigenvalue weighted by atomic mass is 10.0. The van der Waals surface area contributed by atoms with Gasteiger partial charge in [0.05, 0.1) is 18.1 Å². The second-order valence-electron chi connectivity index (χ2n) is 6.12. The van der Waals surface area contributed by atoms with Crippen molar-refractivity contribution in [3.05, 3.63) is 34.9 Å². The predicted octanol–water partition coefficient (Wildman–Crippen LogP) is 1.97. The van der Waals surface area contributed by atoms with Gasteiger partial charge in [-0.2, -0.15) is 0 Å². The number of nitrogens with two attached hydrogens (primary N) is 1. The van der Waals surface area contributed by atoms with E-state index >= 15 is 0 Å². The molecule has 2 amide bonds. The standard InChI is InChI=1S/C16H22ClN3O2.ClH/c1-10(2)14(18)15(22)19-9-13(21)20-16(7-8-16)11-3-5-12(17)6-4-11;/h3-6,10,14H,7-9,18H2,1-2H3,(H,19,22)(H,20,21);1H/t14-;/m0./s1. The van der Waals surface area contributed by atoms with Crippen LogP contribution in [0.3, 0.4) is 0 Å². The number of amides is 2. The highest BCUT2D eigenvalue weighted by Gasteiger charge is 2.45. The van der Waals surface area contributed by atoms with Gasteiger partial charge in [0.25, 0.3) is 0 Å². The summed E-state index contributed by atoms with van der Waals surface area (Å²) in [5, 5.41) is 6.23. The van der Waals surface area contributed by atoms with Crippen molar-refractivity contribution in [1.29, 1.82) is 0 Å². The van der Waals surface area contributed by atoms with E-state index in [1.54, 1.807) is 0 Å². The Morgan fingerprint density at radius 3 is 2.30 bits per heavy atom. The summed E-state index contributed by atoms with van der Waals surface area (Å²) in [7, 11) is 0. The molecule has 0 radical (unpaired) electrons. The van der Waals surface area contributed by atoms with Gasteiger partial charge in [0.15, 0.2) is 0 Å². The molecule has 2 rings (SSSR count). The number of nitrogens with one attached hydrogen (secondary N) is 2. The van der Waals surface area contributed by atoms with E-state index in [1.807, 2.05) is 38.1 Å². The van der Waals surface area contributed by atoms with E-state index in [0.717, 1.165) is 18.4 Å². The van der Waals surface area contributed by atoms with Crippen LogP contribution in [0.15, 0.2) is 24.3 Å². The average Bonchev–Trinajstić information content (AvgIpc) is 3.25. The monoisotopic (exact) mass is 359 g/mol. The van der Waals surface area contributed by atoms with Gasteiger partial charge < -0.3 is 16.4 Å². The number of halogens is 2. The summed E-state index contributed by atoms with van der Waals surface area (Å²) < 4.78 is 0. The molecule has 0 heterocycles. The summed E-state index contributed by atoms with van der Waals surface area (Å²) in [6.45, 7) is 3.67. The molecule has 1 fully saturated rings. The summed E-state index contributed by atoms with van der Waals surface area (Å²) in [5.74, 6) is -0.481. The highest BCUT2D eigenvalue weighted by atomic mass is 35.5. The number of carbonyl (C=O) groups is 2. The molecule has 1 aromatic carbocycles. The maximum atomic E-state index is 12.0. The highest BCUT2D eigenvalue weighted by Crippen LogP contribution is 2.45. The Balaban J connectivity index is 0.00000264. The molecule has 7 heteroatoms. The van der Waals surface area contributed by atoms with E-state index in [9.17, 15) is 9.59 Å². The first-order valence-corrected chi connectivity index (χ1v) is 7.82.